The van der Waals surface area contributed by atoms with E-state index < -0.39 is 11.8 Å². The zero-order chi connectivity index (χ0) is 32.5. The molecule has 0 radical (unpaired) electrons. The van der Waals surface area contributed by atoms with E-state index in [2.05, 4.69) is 21.1 Å². The number of benzene rings is 4. The first-order chi connectivity index (χ1) is 22.3. The number of carbonyl (C=O) groups excluding carboxylic acids is 4. The van der Waals surface area contributed by atoms with Gasteiger partial charge in [-0.2, -0.15) is 10.1 Å². The van der Waals surface area contributed by atoms with Gasteiger partial charge in [-0.1, -0.05) is 42.5 Å². The minimum atomic E-state index is -0.605. The van der Waals surface area contributed by atoms with Gasteiger partial charge in [0.05, 0.1) is 25.0 Å². The second kappa shape index (κ2) is 14.7. The molecule has 0 unspecified atom stereocenters. The lowest BCUT2D eigenvalue weighted by molar-refractivity contribution is -0.117. The van der Waals surface area contributed by atoms with E-state index in [0.29, 0.717) is 33.1 Å². The number of hydrogen-bond acceptors (Lipinski definition) is 8. The number of nitrogens with zero attached hydrogens (tertiary/aromatic N) is 2. The standard InChI is InChI=1S/C34H29N5O6S/c1-45-29-19-26(40)16-15-23(29)17-28(36-33(43)22-9-4-2-5-10-22)34(44)35-24-11-8-14-27(18-24)46-21-31(41)37-30-20-32(42)39(38-30)25-12-6-3-7-13-25/h2-19,40H,20-21H2,1H3,(H,35,44)(H,36,43)(H,37,38,41)/b28-17+. The molecule has 0 aliphatic carbocycles. The van der Waals surface area contributed by atoms with Crippen molar-refractivity contribution in [1.29, 1.82) is 0 Å². The number of aromatic hydroxyl groups is 1. The van der Waals surface area contributed by atoms with E-state index in [0.717, 1.165) is 0 Å². The lowest BCUT2D eigenvalue weighted by Crippen LogP contribution is -2.31. The normalized spacial score (nSPS) is 12.7. The summed E-state index contributed by atoms with van der Waals surface area (Å²) in [6, 6.07) is 28.7. The van der Waals surface area contributed by atoms with E-state index in [1.54, 1.807) is 84.9 Å². The number of carbonyl (C=O) groups is 4. The number of para-hydroxylation sites is 1. The summed E-state index contributed by atoms with van der Waals surface area (Å²) in [4.78, 5) is 52.2. The molecule has 4 aromatic carbocycles. The summed E-state index contributed by atoms with van der Waals surface area (Å²) in [7, 11) is 1.43. The van der Waals surface area contributed by atoms with Gasteiger partial charge < -0.3 is 25.8 Å². The van der Waals surface area contributed by atoms with E-state index in [4.69, 9.17) is 4.74 Å². The van der Waals surface area contributed by atoms with Gasteiger partial charge >= 0.3 is 0 Å². The lowest BCUT2D eigenvalue weighted by atomic mass is 10.1. The van der Waals surface area contributed by atoms with Crippen molar-refractivity contribution in [3.05, 3.63) is 120 Å². The smallest absolute Gasteiger partial charge is 0.272 e. The Morgan fingerprint density at radius 1 is 0.935 bits per heavy atom. The largest absolute Gasteiger partial charge is 0.508 e. The molecule has 4 N–H and O–H groups in total. The van der Waals surface area contributed by atoms with Crippen molar-refractivity contribution in [2.24, 2.45) is 5.10 Å². The van der Waals surface area contributed by atoms with Gasteiger partial charge in [-0.15, -0.1) is 11.8 Å². The Labute approximate surface area is 269 Å². The van der Waals surface area contributed by atoms with Crippen LogP contribution in [0.15, 0.2) is 119 Å². The van der Waals surface area contributed by atoms with Crippen molar-refractivity contribution in [1.82, 2.24) is 10.6 Å². The second-order valence-corrected chi connectivity index (χ2v) is 10.9. The molecule has 0 saturated heterocycles. The quantitative estimate of drug-likeness (QED) is 0.145. The molecule has 232 valence electrons. The zero-order valence-corrected chi connectivity index (χ0v) is 25.4. The van der Waals surface area contributed by atoms with Gasteiger partial charge in [-0.25, -0.2) is 0 Å². The first-order valence-corrected chi connectivity index (χ1v) is 15.0. The summed E-state index contributed by atoms with van der Waals surface area (Å²) >= 11 is 1.23. The fourth-order valence-electron chi connectivity index (χ4n) is 4.40. The van der Waals surface area contributed by atoms with Crippen molar-refractivity contribution in [3.63, 3.8) is 0 Å². The van der Waals surface area contributed by atoms with Gasteiger partial charge in [0, 0.05) is 27.8 Å². The van der Waals surface area contributed by atoms with Crippen LogP contribution in [0.5, 0.6) is 11.5 Å². The number of nitrogens with one attached hydrogen (secondary N) is 3. The minimum Gasteiger partial charge on any atom is -0.508 e. The van der Waals surface area contributed by atoms with E-state index in [9.17, 15) is 24.3 Å². The molecule has 0 fully saturated rings. The molecular formula is C34H29N5O6S. The number of rotatable bonds is 10. The Bertz CT molecular complexity index is 1830. The van der Waals surface area contributed by atoms with Crippen molar-refractivity contribution < 1.29 is 29.0 Å². The maximum absolute atomic E-state index is 13.5. The summed E-state index contributed by atoms with van der Waals surface area (Å²) < 4.78 is 5.34. The molecule has 0 atom stereocenters. The number of hydrogen-bond donors (Lipinski definition) is 4. The Hall–Kier alpha value is -5.88. The number of methoxy groups -OCH3 is 1. The monoisotopic (exact) mass is 635 g/mol. The van der Waals surface area contributed by atoms with Gasteiger partial charge in [0.15, 0.2) is 0 Å². The fourth-order valence-corrected chi connectivity index (χ4v) is 5.15. The summed E-state index contributed by atoms with van der Waals surface area (Å²) in [5.74, 6) is -1.09. The van der Waals surface area contributed by atoms with Gasteiger partial charge in [0.1, 0.15) is 23.0 Å². The van der Waals surface area contributed by atoms with E-state index >= 15 is 0 Å². The van der Waals surface area contributed by atoms with Crippen LogP contribution in [0, 0.1) is 0 Å². The highest BCUT2D eigenvalue weighted by atomic mass is 32.2. The molecule has 11 nitrogen and oxygen atoms in total. The Balaban J connectivity index is 1.25. The van der Waals surface area contributed by atoms with E-state index in [-0.39, 0.29) is 41.3 Å². The third kappa shape index (κ3) is 8.18. The number of anilines is 2. The summed E-state index contributed by atoms with van der Waals surface area (Å²) in [6.45, 7) is 0. The zero-order valence-electron chi connectivity index (χ0n) is 24.6. The number of phenolic OH excluding ortho intramolecular Hbond substituents is 1. The lowest BCUT2D eigenvalue weighted by Gasteiger charge is -2.13. The van der Waals surface area contributed by atoms with Gasteiger partial charge in [0.2, 0.25) is 5.91 Å². The summed E-state index contributed by atoms with van der Waals surface area (Å²) in [5.41, 5.74) is 1.79. The Morgan fingerprint density at radius 3 is 2.41 bits per heavy atom. The number of amidine groups is 1. The maximum Gasteiger partial charge on any atom is 0.272 e. The van der Waals surface area contributed by atoms with Crippen LogP contribution < -0.4 is 25.7 Å². The molecular weight excluding hydrogens is 606 g/mol. The van der Waals surface area contributed by atoms with Crippen LogP contribution in [0.1, 0.15) is 22.3 Å². The molecule has 0 bridgehead atoms. The second-order valence-electron chi connectivity index (χ2n) is 9.89. The fraction of sp³-hybridized carbons (Fsp3) is 0.0882. The Kier molecular flexibility index (Phi) is 10.1. The summed E-state index contributed by atoms with van der Waals surface area (Å²) in [5, 5.41) is 23.5. The van der Waals surface area contributed by atoms with Crippen LogP contribution in [0.25, 0.3) is 6.08 Å². The molecule has 4 amide bonds. The Morgan fingerprint density at radius 2 is 1.67 bits per heavy atom. The minimum absolute atomic E-state index is 0.0144. The van der Waals surface area contributed by atoms with Gasteiger partial charge in [-0.3, -0.25) is 19.2 Å². The third-order valence-corrected chi connectivity index (χ3v) is 7.56. The molecule has 5 rings (SSSR count). The molecule has 4 aromatic rings. The van der Waals surface area contributed by atoms with Crippen LogP contribution in [-0.2, 0) is 14.4 Å². The average Bonchev–Trinajstić information content (AvgIpc) is 3.44. The number of hydrazone groups is 1. The van der Waals surface area contributed by atoms with Crippen molar-refractivity contribution >= 4 is 58.7 Å². The van der Waals surface area contributed by atoms with Crippen LogP contribution in [0.4, 0.5) is 11.4 Å². The third-order valence-electron chi connectivity index (χ3n) is 6.57. The highest BCUT2D eigenvalue weighted by Crippen LogP contribution is 2.27. The topological polar surface area (TPSA) is 149 Å². The highest BCUT2D eigenvalue weighted by Gasteiger charge is 2.26. The van der Waals surface area contributed by atoms with Crippen LogP contribution in [0.3, 0.4) is 0 Å². The molecule has 12 heteroatoms. The number of thioether (sulfide) groups is 1. The predicted octanol–water partition coefficient (Wildman–Crippen LogP) is 4.77. The van der Waals surface area contributed by atoms with E-state index in [1.807, 2.05) is 6.07 Å². The molecule has 0 spiro atoms. The number of ether oxygens (including phenoxy) is 1. The number of phenols is 1. The maximum atomic E-state index is 13.5. The van der Waals surface area contributed by atoms with E-state index in [1.165, 1.54) is 42.1 Å². The molecule has 0 aromatic heterocycles. The van der Waals surface area contributed by atoms with Crippen LogP contribution in [-0.4, -0.2) is 47.4 Å². The molecule has 46 heavy (non-hydrogen) atoms. The summed E-state index contributed by atoms with van der Waals surface area (Å²) in [6.07, 6.45) is 1.44. The van der Waals surface area contributed by atoms with Crippen molar-refractivity contribution in [3.8, 4) is 11.5 Å². The predicted molar refractivity (Wildman–Crippen MR) is 176 cm³/mol. The molecule has 1 aliphatic rings. The molecule has 1 heterocycles. The average molecular weight is 636 g/mol. The SMILES string of the molecule is COc1cc(O)ccc1/C=C(/NC(=O)c1ccccc1)C(=O)Nc1cccc(SCC(=O)NC2=NN(c3ccccc3)C(=O)C2)c1. The molecule has 0 saturated carbocycles. The first-order valence-electron chi connectivity index (χ1n) is 14.0. The first kappa shape index (κ1) is 31.5. The van der Waals surface area contributed by atoms with Gasteiger partial charge in [0.25, 0.3) is 17.7 Å². The van der Waals surface area contributed by atoms with Crippen molar-refractivity contribution in [2.45, 2.75) is 11.3 Å². The van der Waals surface area contributed by atoms with Gasteiger partial charge in [-0.05, 0) is 60.7 Å². The molecule has 1 aliphatic heterocycles. The number of amides is 4. The highest BCUT2D eigenvalue weighted by molar-refractivity contribution is 8.00. The van der Waals surface area contributed by atoms with Crippen LogP contribution >= 0.6 is 11.8 Å². The van der Waals surface area contributed by atoms with Crippen LogP contribution in [0.2, 0.25) is 0 Å². The van der Waals surface area contributed by atoms with Crippen molar-refractivity contribution in [2.75, 3.05) is 23.2 Å².